The van der Waals surface area contributed by atoms with E-state index in [0.717, 1.165) is 16.7 Å². The van der Waals surface area contributed by atoms with Gasteiger partial charge in [-0.3, -0.25) is 4.31 Å². The Kier molecular flexibility index (Phi) is 4.18. The van der Waals surface area contributed by atoms with Crippen LogP contribution in [0.2, 0.25) is 0 Å². The van der Waals surface area contributed by atoms with E-state index < -0.39 is 10.0 Å². The van der Waals surface area contributed by atoms with Gasteiger partial charge in [0.25, 0.3) is 0 Å². The number of sulfonamides is 1. The van der Waals surface area contributed by atoms with Gasteiger partial charge in [0.05, 0.1) is 31.2 Å². The maximum absolute atomic E-state index is 12.7. The molecule has 0 radical (unpaired) electrons. The number of para-hydroxylation sites is 1. The van der Waals surface area contributed by atoms with Crippen LogP contribution in [0.15, 0.2) is 48.5 Å². The number of fused-ring (bicyclic) bond motifs is 1. The average Bonchev–Trinajstić information content (AvgIpc) is 2.49. The molecule has 22 heavy (non-hydrogen) atoms. The molecule has 0 fully saturated rings. The highest BCUT2D eigenvalue weighted by Gasteiger charge is 2.26. The number of nitrogens with zero attached hydrogens (tertiary/aromatic N) is 1. The normalized spacial score (nSPS) is 17.4. The van der Waals surface area contributed by atoms with Crippen LogP contribution in [0, 0.1) is 6.92 Å². The average molecular weight is 317 g/mol. The van der Waals surface area contributed by atoms with Crippen LogP contribution in [-0.4, -0.2) is 20.8 Å². The summed E-state index contributed by atoms with van der Waals surface area (Å²) in [6.07, 6.45) is 0. The van der Waals surface area contributed by atoms with Crippen LogP contribution in [0.4, 0.5) is 5.69 Å². The lowest BCUT2D eigenvalue weighted by atomic mass is 10.1. The molecule has 1 aliphatic rings. The van der Waals surface area contributed by atoms with Crippen LogP contribution in [0.5, 0.6) is 0 Å². The predicted molar refractivity (Wildman–Crippen MR) is 87.2 cm³/mol. The molecule has 3 rings (SSSR count). The van der Waals surface area contributed by atoms with Gasteiger partial charge in [-0.2, -0.15) is 0 Å². The summed E-state index contributed by atoms with van der Waals surface area (Å²) in [5.74, 6) is 0.00709. The summed E-state index contributed by atoms with van der Waals surface area (Å²) in [5.41, 5.74) is 3.72. The number of hydrogen-bond acceptors (Lipinski definition) is 3. The fourth-order valence-corrected chi connectivity index (χ4v) is 4.01. The molecule has 0 aliphatic carbocycles. The summed E-state index contributed by atoms with van der Waals surface area (Å²) >= 11 is 0. The zero-order chi connectivity index (χ0) is 15.6. The van der Waals surface area contributed by atoms with E-state index in [1.165, 1.54) is 4.31 Å². The van der Waals surface area contributed by atoms with Gasteiger partial charge in [0.1, 0.15) is 0 Å². The van der Waals surface area contributed by atoms with E-state index in [4.69, 9.17) is 4.74 Å². The molecule has 0 aromatic heterocycles. The molecular weight excluding hydrogens is 298 g/mol. The van der Waals surface area contributed by atoms with Crippen LogP contribution in [0.3, 0.4) is 0 Å². The second-order valence-electron chi connectivity index (χ2n) is 5.49. The number of rotatable bonds is 2. The molecule has 2 aromatic rings. The van der Waals surface area contributed by atoms with Crippen LogP contribution in [0.25, 0.3) is 0 Å². The maximum atomic E-state index is 12.7. The molecule has 2 aromatic carbocycles. The van der Waals surface area contributed by atoms with Crippen molar-refractivity contribution in [3.63, 3.8) is 0 Å². The molecule has 0 amide bonds. The SMILES string of the molecule is Cc1cccc(CN2c3ccccc3COCCS2(=O)=O)c1. The first-order chi connectivity index (χ1) is 10.6. The van der Waals surface area contributed by atoms with Crippen LogP contribution in [-0.2, 0) is 27.9 Å². The highest BCUT2D eigenvalue weighted by atomic mass is 32.2. The Hall–Kier alpha value is -1.85. The molecule has 0 saturated carbocycles. The van der Waals surface area contributed by atoms with E-state index in [2.05, 4.69) is 0 Å². The predicted octanol–water partition coefficient (Wildman–Crippen LogP) is 2.86. The summed E-state index contributed by atoms with van der Waals surface area (Å²) < 4.78 is 32.3. The Morgan fingerprint density at radius 3 is 2.77 bits per heavy atom. The summed E-state index contributed by atoms with van der Waals surface area (Å²) in [7, 11) is -3.40. The summed E-state index contributed by atoms with van der Waals surface area (Å²) in [6.45, 7) is 3.02. The smallest absolute Gasteiger partial charge is 0.237 e. The monoisotopic (exact) mass is 317 g/mol. The fourth-order valence-electron chi connectivity index (χ4n) is 2.64. The van der Waals surface area contributed by atoms with Crippen molar-refractivity contribution in [2.45, 2.75) is 20.1 Å². The lowest BCUT2D eigenvalue weighted by Crippen LogP contribution is -2.36. The van der Waals surface area contributed by atoms with Gasteiger partial charge in [0.15, 0.2) is 0 Å². The molecule has 0 unspecified atom stereocenters. The highest BCUT2D eigenvalue weighted by Crippen LogP contribution is 2.28. The van der Waals surface area contributed by atoms with Gasteiger partial charge in [0, 0.05) is 5.56 Å². The largest absolute Gasteiger partial charge is 0.376 e. The number of benzene rings is 2. The minimum absolute atomic E-state index is 0.00709. The molecule has 0 spiro atoms. The Morgan fingerprint density at radius 1 is 1.14 bits per heavy atom. The van der Waals surface area contributed by atoms with Gasteiger partial charge in [0.2, 0.25) is 10.0 Å². The summed E-state index contributed by atoms with van der Waals surface area (Å²) in [5, 5.41) is 0. The lowest BCUT2D eigenvalue weighted by molar-refractivity contribution is 0.135. The van der Waals surface area contributed by atoms with Crippen molar-refractivity contribution in [1.82, 2.24) is 0 Å². The quantitative estimate of drug-likeness (QED) is 0.855. The van der Waals surface area contributed by atoms with E-state index in [1.807, 2.05) is 55.5 Å². The molecule has 1 heterocycles. The second-order valence-corrected chi connectivity index (χ2v) is 7.51. The maximum Gasteiger partial charge on any atom is 0.237 e. The standard InChI is InChI=1S/C17H19NO3S/c1-14-5-4-6-15(11-14)12-18-17-8-3-2-7-16(17)13-21-9-10-22(18,19)20/h2-8,11H,9-10,12-13H2,1H3. The van der Waals surface area contributed by atoms with Crippen molar-refractivity contribution in [2.75, 3.05) is 16.7 Å². The van der Waals surface area contributed by atoms with Crippen molar-refractivity contribution in [3.05, 3.63) is 65.2 Å². The van der Waals surface area contributed by atoms with Crippen LogP contribution >= 0.6 is 0 Å². The van der Waals surface area contributed by atoms with Gasteiger partial charge in [-0.1, -0.05) is 48.0 Å². The zero-order valence-corrected chi connectivity index (χ0v) is 13.3. The first kappa shape index (κ1) is 15.1. The number of aryl methyl sites for hydroxylation is 1. The van der Waals surface area contributed by atoms with E-state index >= 15 is 0 Å². The van der Waals surface area contributed by atoms with Gasteiger partial charge in [-0.05, 0) is 18.6 Å². The Labute approximate surface area is 131 Å². The zero-order valence-electron chi connectivity index (χ0n) is 12.5. The van der Waals surface area contributed by atoms with Crippen molar-refractivity contribution in [2.24, 2.45) is 0 Å². The topological polar surface area (TPSA) is 46.6 Å². The summed E-state index contributed by atoms with van der Waals surface area (Å²) in [6, 6.07) is 15.5. The van der Waals surface area contributed by atoms with Crippen molar-refractivity contribution in [3.8, 4) is 0 Å². The molecule has 1 aliphatic heterocycles. The third-order valence-electron chi connectivity index (χ3n) is 3.75. The molecule has 116 valence electrons. The van der Waals surface area contributed by atoms with Gasteiger partial charge in [-0.15, -0.1) is 0 Å². The Balaban J connectivity index is 2.05. The molecule has 0 N–H and O–H groups in total. The van der Waals surface area contributed by atoms with E-state index in [0.29, 0.717) is 18.8 Å². The minimum atomic E-state index is -3.40. The van der Waals surface area contributed by atoms with Crippen molar-refractivity contribution in [1.29, 1.82) is 0 Å². The van der Waals surface area contributed by atoms with E-state index in [9.17, 15) is 8.42 Å². The number of ether oxygens (including phenoxy) is 1. The van der Waals surface area contributed by atoms with Crippen LogP contribution in [0.1, 0.15) is 16.7 Å². The molecule has 5 heteroatoms. The molecule has 0 atom stereocenters. The third kappa shape index (κ3) is 3.15. The first-order valence-electron chi connectivity index (χ1n) is 7.28. The molecule has 0 saturated heterocycles. The highest BCUT2D eigenvalue weighted by molar-refractivity contribution is 7.92. The molecular formula is C17H19NO3S. The van der Waals surface area contributed by atoms with Gasteiger partial charge in [-0.25, -0.2) is 8.42 Å². The van der Waals surface area contributed by atoms with Gasteiger partial charge < -0.3 is 4.74 Å². The lowest BCUT2D eigenvalue weighted by Gasteiger charge is -2.28. The summed E-state index contributed by atoms with van der Waals surface area (Å²) in [4.78, 5) is 0. The first-order valence-corrected chi connectivity index (χ1v) is 8.89. The van der Waals surface area contributed by atoms with E-state index in [-0.39, 0.29) is 12.4 Å². The molecule has 0 bridgehead atoms. The Morgan fingerprint density at radius 2 is 1.95 bits per heavy atom. The second kappa shape index (κ2) is 6.10. The molecule has 4 nitrogen and oxygen atoms in total. The van der Waals surface area contributed by atoms with E-state index in [1.54, 1.807) is 0 Å². The number of hydrogen-bond donors (Lipinski definition) is 0. The minimum Gasteiger partial charge on any atom is -0.376 e. The van der Waals surface area contributed by atoms with Crippen LogP contribution < -0.4 is 4.31 Å². The van der Waals surface area contributed by atoms with Gasteiger partial charge >= 0.3 is 0 Å². The fraction of sp³-hybridized carbons (Fsp3) is 0.294. The van der Waals surface area contributed by atoms with Crippen molar-refractivity contribution < 1.29 is 13.2 Å². The Bertz CT molecular complexity index is 771. The number of anilines is 1. The third-order valence-corrected chi connectivity index (χ3v) is 5.43. The van der Waals surface area contributed by atoms with Crippen molar-refractivity contribution >= 4 is 15.7 Å².